The van der Waals surface area contributed by atoms with Gasteiger partial charge in [-0.25, -0.2) is 4.98 Å². The number of hydrogen-bond donors (Lipinski definition) is 0. The first-order valence-corrected chi connectivity index (χ1v) is 10.3. The Balaban J connectivity index is 1.94. The first kappa shape index (κ1) is 22.2. The van der Waals surface area contributed by atoms with Gasteiger partial charge in [-0.2, -0.15) is 18.2 Å². The third-order valence-corrected chi connectivity index (χ3v) is 4.99. The number of ether oxygens (including phenoxy) is 2. The molecule has 0 spiro atoms. The molecule has 1 heterocycles. The van der Waals surface area contributed by atoms with Crippen molar-refractivity contribution in [2.75, 3.05) is 18.6 Å². The van der Waals surface area contributed by atoms with Crippen LogP contribution in [0, 0.1) is 5.92 Å². The van der Waals surface area contributed by atoms with Crippen LogP contribution in [0.5, 0.6) is 11.8 Å². The van der Waals surface area contributed by atoms with Crippen LogP contribution in [0.3, 0.4) is 0 Å². The third kappa shape index (κ3) is 5.55. The molecule has 0 N–H and O–H groups in total. The Hall–Kier alpha value is -2.51. The van der Waals surface area contributed by atoms with Crippen molar-refractivity contribution in [3.8, 4) is 11.8 Å². The van der Waals surface area contributed by atoms with Crippen molar-refractivity contribution < 1.29 is 22.6 Å². The summed E-state index contributed by atoms with van der Waals surface area (Å²) in [5, 5.41) is 0. The Morgan fingerprint density at radius 1 is 1.13 bits per heavy atom. The number of halogens is 3. The molecule has 1 fully saturated rings. The maximum absolute atomic E-state index is 13.7. The summed E-state index contributed by atoms with van der Waals surface area (Å²) in [5.74, 6) is 0.516. The quantitative estimate of drug-likeness (QED) is 0.546. The molecule has 0 bridgehead atoms. The standard InChI is InChI=1S/C22H28F3N3O2/c1-15(2)14-29-19-12-8-7-11-18(19)28(3)20-17(22(23,24)25)13-26-21(27-20)30-16-9-5-4-6-10-16/h7-8,11-13,15-16H,4-6,9-10,14H2,1-3H3. The van der Waals surface area contributed by atoms with Gasteiger partial charge in [-0.15, -0.1) is 0 Å². The van der Waals surface area contributed by atoms with Crippen LogP contribution in [0.15, 0.2) is 30.5 Å². The second kappa shape index (κ2) is 9.53. The zero-order valence-corrected chi connectivity index (χ0v) is 17.6. The molecule has 0 saturated heterocycles. The highest BCUT2D eigenvalue weighted by molar-refractivity contribution is 5.68. The number of aromatic nitrogens is 2. The van der Waals surface area contributed by atoms with Crippen LogP contribution in [0.25, 0.3) is 0 Å². The van der Waals surface area contributed by atoms with Crippen LogP contribution in [0.4, 0.5) is 24.7 Å². The second-order valence-electron chi connectivity index (χ2n) is 8.00. The maximum Gasteiger partial charge on any atom is 0.421 e. The van der Waals surface area contributed by atoms with Crippen LogP contribution >= 0.6 is 0 Å². The molecule has 5 nitrogen and oxygen atoms in total. The fourth-order valence-corrected chi connectivity index (χ4v) is 3.43. The van der Waals surface area contributed by atoms with E-state index in [0.717, 1.165) is 38.3 Å². The maximum atomic E-state index is 13.7. The molecular formula is C22H28F3N3O2. The van der Waals surface area contributed by atoms with E-state index in [4.69, 9.17) is 9.47 Å². The predicted molar refractivity (Wildman–Crippen MR) is 109 cm³/mol. The summed E-state index contributed by atoms with van der Waals surface area (Å²) in [7, 11) is 1.54. The van der Waals surface area contributed by atoms with E-state index >= 15 is 0 Å². The number of para-hydroxylation sites is 2. The van der Waals surface area contributed by atoms with Gasteiger partial charge < -0.3 is 14.4 Å². The van der Waals surface area contributed by atoms with Gasteiger partial charge in [0, 0.05) is 13.2 Å². The van der Waals surface area contributed by atoms with Gasteiger partial charge in [-0.1, -0.05) is 32.4 Å². The van der Waals surface area contributed by atoms with Crippen molar-refractivity contribution >= 4 is 11.5 Å². The van der Waals surface area contributed by atoms with Crippen molar-refractivity contribution in [3.05, 3.63) is 36.0 Å². The average molecular weight is 423 g/mol. The number of benzene rings is 1. The number of nitrogens with zero attached hydrogens (tertiary/aromatic N) is 3. The molecule has 0 unspecified atom stereocenters. The minimum atomic E-state index is -4.60. The zero-order chi connectivity index (χ0) is 21.7. The second-order valence-corrected chi connectivity index (χ2v) is 8.00. The smallest absolute Gasteiger partial charge is 0.421 e. The highest BCUT2D eigenvalue weighted by Crippen LogP contribution is 2.40. The molecule has 2 aromatic rings. The van der Waals surface area contributed by atoms with Gasteiger partial charge >= 0.3 is 12.2 Å². The van der Waals surface area contributed by atoms with Crippen LogP contribution in [0.2, 0.25) is 0 Å². The molecule has 0 amide bonds. The average Bonchev–Trinajstić information content (AvgIpc) is 2.72. The van der Waals surface area contributed by atoms with Crippen LogP contribution in [0.1, 0.15) is 51.5 Å². The first-order valence-electron chi connectivity index (χ1n) is 10.3. The van der Waals surface area contributed by atoms with Gasteiger partial charge in [0.2, 0.25) is 0 Å². The van der Waals surface area contributed by atoms with E-state index in [0.29, 0.717) is 18.0 Å². The van der Waals surface area contributed by atoms with E-state index in [2.05, 4.69) is 9.97 Å². The summed E-state index contributed by atoms with van der Waals surface area (Å²) in [6.45, 7) is 4.47. The SMILES string of the molecule is CC(C)COc1ccccc1N(C)c1nc(OC2CCCCC2)ncc1C(F)(F)F. The number of rotatable bonds is 7. The molecule has 8 heteroatoms. The van der Waals surface area contributed by atoms with Gasteiger partial charge in [0.05, 0.1) is 12.3 Å². The van der Waals surface area contributed by atoms with Gasteiger partial charge in [0.25, 0.3) is 0 Å². The highest BCUT2D eigenvalue weighted by atomic mass is 19.4. The largest absolute Gasteiger partial charge is 0.491 e. The Kier molecular flexibility index (Phi) is 7.05. The molecular weight excluding hydrogens is 395 g/mol. The van der Waals surface area contributed by atoms with Crippen LogP contribution < -0.4 is 14.4 Å². The zero-order valence-electron chi connectivity index (χ0n) is 17.6. The summed E-state index contributed by atoms with van der Waals surface area (Å²) in [5.41, 5.74) is -0.425. The summed E-state index contributed by atoms with van der Waals surface area (Å²) < 4.78 is 52.7. The highest BCUT2D eigenvalue weighted by Gasteiger charge is 2.37. The van der Waals surface area contributed by atoms with Crippen molar-refractivity contribution in [1.29, 1.82) is 0 Å². The Morgan fingerprint density at radius 3 is 2.50 bits per heavy atom. The fraction of sp³-hybridized carbons (Fsp3) is 0.545. The molecule has 164 valence electrons. The van der Waals surface area contributed by atoms with E-state index in [9.17, 15) is 13.2 Å². The van der Waals surface area contributed by atoms with E-state index in [1.807, 2.05) is 13.8 Å². The number of hydrogen-bond acceptors (Lipinski definition) is 5. The third-order valence-electron chi connectivity index (χ3n) is 4.99. The molecule has 1 aromatic carbocycles. The topological polar surface area (TPSA) is 47.5 Å². The van der Waals surface area contributed by atoms with Crippen molar-refractivity contribution in [2.45, 2.75) is 58.2 Å². The van der Waals surface area contributed by atoms with E-state index in [-0.39, 0.29) is 23.9 Å². The summed E-state index contributed by atoms with van der Waals surface area (Å²) in [6, 6.07) is 6.95. The van der Waals surface area contributed by atoms with E-state index in [1.165, 1.54) is 4.90 Å². The molecule has 1 aromatic heterocycles. The lowest BCUT2D eigenvalue weighted by molar-refractivity contribution is -0.137. The number of alkyl halides is 3. The lowest BCUT2D eigenvalue weighted by Gasteiger charge is -2.26. The first-order chi connectivity index (χ1) is 14.3. The van der Waals surface area contributed by atoms with E-state index in [1.54, 1.807) is 31.3 Å². The molecule has 0 aliphatic heterocycles. The Bertz CT molecular complexity index is 837. The Labute approximate surface area is 175 Å². The lowest BCUT2D eigenvalue weighted by atomic mass is 9.98. The van der Waals surface area contributed by atoms with Gasteiger partial charge in [0.1, 0.15) is 17.4 Å². The van der Waals surface area contributed by atoms with Crippen LogP contribution in [-0.2, 0) is 6.18 Å². The number of anilines is 2. The van der Waals surface area contributed by atoms with Gasteiger partial charge in [0.15, 0.2) is 5.82 Å². The molecule has 3 rings (SSSR count). The van der Waals surface area contributed by atoms with Crippen molar-refractivity contribution in [3.63, 3.8) is 0 Å². The summed E-state index contributed by atoms with van der Waals surface area (Å²) >= 11 is 0. The molecule has 0 radical (unpaired) electrons. The monoisotopic (exact) mass is 423 g/mol. The van der Waals surface area contributed by atoms with Crippen molar-refractivity contribution in [1.82, 2.24) is 9.97 Å². The van der Waals surface area contributed by atoms with Gasteiger partial charge in [-0.05, 0) is 43.7 Å². The van der Waals surface area contributed by atoms with Gasteiger partial charge in [-0.3, -0.25) is 0 Å². The minimum Gasteiger partial charge on any atom is -0.491 e. The van der Waals surface area contributed by atoms with Crippen molar-refractivity contribution in [2.24, 2.45) is 5.92 Å². The predicted octanol–water partition coefficient (Wildman–Crippen LogP) is 6.01. The normalized spacial score (nSPS) is 15.3. The summed E-state index contributed by atoms with van der Waals surface area (Å²) in [4.78, 5) is 9.39. The molecule has 30 heavy (non-hydrogen) atoms. The molecule has 1 saturated carbocycles. The molecule has 1 aliphatic rings. The minimum absolute atomic E-state index is 0.0303. The lowest BCUT2D eigenvalue weighted by Crippen LogP contribution is -2.23. The van der Waals surface area contributed by atoms with Crippen LogP contribution in [-0.4, -0.2) is 29.7 Å². The molecule has 0 atom stereocenters. The summed E-state index contributed by atoms with van der Waals surface area (Å²) in [6.07, 6.45) is 1.10. The Morgan fingerprint density at radius 2 is 1.83 bits per heavy atom. The fourth-order valence-electron chi connectivity index (χ4n) is 3.43. The molecule has 1 aliphatic carbocycles. The van der Waals surface area contributed by atoms with E-state index < -0.39 is 11.7 Å².